The Balaban J connectivity index is 3.10. The van der Waals surface area contributed by atoms with Crippen molar-refractivity contribution in [1.29, 1.82) is 0 Å². The molecule has 1 aromatic carbocycles. The van der Waals surface area contributed by atoms with Crippen LogP contribution in [0.25, 0.3) is 0 Å². The van der Waals surface area contributed by atoms with E-state index in [1.165, 1.54) is 12.1 Å². The van der Waals surface area contributed by atoms with E-state index in [9.17, 15) is 4.39 Å². The lowest BCUT2D eigenvalue weighted by molar-refractivity contribution is 0.340. The Morgan fingerprint density at radius 2 is 2.25 bits per heavy atom. The smallest absolute Gasteiger partial charge is 0.144 e. The van der Waals surface area contributed by atoms with Gasteiger partial charge in [0.15, 0.2) is 0 Å². The second kappa shape index (κ2) is 3.94. The standard InChI is InChI=1S/C8H9BBrFO/c1-2-12-8-6(9)3-5(11)4-7(8)10/h3-4H,2,9H2,1H3. The quantitative estimate of drug-likeness (QED) is 0.695. The Kier molecular flexibility index (Phi) is 3.15. The molecule has 0 atom stereocenters. The Hall–Kier alpha value is -0.505. The van der Waals surface area contributed by atoms with Crippen molar-refractivity contribution < 1.29 is 9.13 Å². The zero-order valence-corrected chi connectivity index (χ0v) is 8.61. The number of rotatable bonds is 2. The van der Waals surface area contributed by atoms with E-state index in [4.69, 9.17) is 4.74 Å². The largest absolute Gasteiger partial charge is 0.493 e. The molecule has 0 heterocycles. The average Bonchev–Trinajstić information content (AvgIpc) is 1.96. The second-order valence-electron chi connectivity index (χ2n) is 2.47. The molecule has 1 nitrogen and oxygen atoms in total. The molecule has 0 radical (unpaired) electrons. The lowest BCUT2D eigenvalue weighted by Gasteiger charge is -2.08. The third kappa shape index (κ3) is 2.00. The summed E-state index contributed by atoms with van der Waals surface area (Å²) in [6.07, 6.45) is 0. The third-order valence-electron chi connectivity index (χ3n) is 1.48. The second-order valence-corrected chi connectivity index (χ2v) is 3.32. The maximum absolute atomic E-state index is 12.8. The van der Waals surface area contributed by atoms with Gasteiger partial charge >= 0.3 is 0 Å². The van der Waals surface area contributed by atoms with Crippen LogP contribution in [0.2, 0.25) is 0 Å². The summed E-state index contributed by atoms with van der Waals surface area (Å²) in [7, 11) is 1.82. The molecule has 0 aromatic heterocycles. The van der Waals surface area contributed by atoms with Crippen LogP contribution in [0.1, 0.15) is 6.92 Å². The summed E-state index contributed by atoms with van der Waals surface area (Å²) in [6.45, 7) is 2.49. The van der Waals surface area contributed by atoms with E-state index >= 15 is 0 Å². The molecular formula is C8H9BBrFO. The zero-order chi connectivity index (χ0) is 9.14. The van der Waals surface area contributed by atoms with Crippen LogP contribution in [0.3, 0.4) is 0 Å². The van der Waals surface area contributed by atoms with Crippen molar-refractivity contribution in [1.82, 2.24) is 0 Å². The molecule has 0 saturated heterocycles. The molecule has 0 unspecified atom stereocenters. The molecule has 0 fully saturated rings. The van der Waals surface area contributed by atoms with Crippen molar-refractivity contribution in [2.45, 2.75) is 6.92 Å². The highest BCUT2D eigenvalue weighted by Crippen LogP contribution is 2.22. The van der Waals surface area contributed by atoms with Gasteiger partial charge in [-0.2, -0.15) is 0 Å². The number of hydrogen-bond donors (Lipinski definition) is 0. The summed E-state index contributed by atoms with van der Waals surface area (Å²) in [5, 5.41) is 0. The van der Waals surface area contributed by atoms with Gasteiger partial charge < -0.3 is 4.74 Å². The highest BCUT2D eigenvalue weighted by molar-refractivity contribution is 9.10. The lowest BCUT2D eigenvalue weighted by atomic mass is 9.95. The topological polar surface area (TPSA) is 9.23 Å². The Labute approximate surface area is 80.5 Å². The Bertz CT molecular complexity index is 267. The van der Waals surface area contributed by atoms with Crippen LogP contribution in [-0.4, -0.2) is 14.5 Å². The van der Waals surface area contributed by atoms with Gasteiger partial charge in [-0.15, -0.1) is 0 Å². The van der Waals surface area contributed by atoms with Gasteiger partial charge in [0.2, 0.25) is 0 Å². The van der Waals surface area contributed by atoms with E-state index in [2.05, 4.69) is 15.9 Å². The van der Waals surface area contributed by atoms with Crippen LogP contribution < -0.4 is 10.2 Å². The minimum atomic E-state index is -0.247. The summed E-state index contributed by atoms with van der Waals surface area (Å²) in [5.74, 6) is 0.474. The van der Waals surface area contributed by atoms with Crippen molar-refractivity contribution in [2.75, 3.05) is 6.61 Å². The van der Waals surface area contributed by atoms with Crippen LogP contribution in [0.15, 0.2) is 16.6 Å². The van der Waals surface area contributed by atoms with Gasteiger partial charge in [-0.3, -0.25) is 0 Å². The molecule has 4 heteroatoms. The first kappa shape index (κ1) is 9.58. The molecule has 64 valence electrons. The van der Waals surface area contributed by atoms with Crippen molar-refractivity contribution in [3.05, 3.63) is 22.4 Å². The molecule has 0 aliphatic heterocycles. The minimum absolute atomic E-state index is 0.247. The highest BCUT2D eigenvalue weighted by Gasteiger charge is 2.05. The van der Waals surface area contributed by atoms with Crippen LogP contribution in [0.4, 0.5) is 4.39 Å². The first-order valence-corrected chi connectivity index (χ1v) is 4.53. The maximum Gasteiger partial charge on any atom is 0.144 e. The summed E-state index contributed by atoms with van der Waals surface area (Å²) < 4.78 is 18.7. The number of benzene rings is 1. The molecule has 0 aliphatic carbocycles. The first-order chi connectivity index (χ1) is 5.65. The van der Waals surface area contributed by atoms with E-state index in [1.807, 2.05) is 14.8 Å². The molecule has 0 amide bonds. The fourth-order valence-electron chi connectivity index (χ4n) is 1.02. The van der Waals surface area contributed by atoms with Gasteiger partial charge in [-0.05, 0) is 40.4 Å². The molecule has 1 rings (SSSR count). The van der Waals surface area contributed by atoms with E-state index in [1.54, 1.807) is 0 Å². The van der Waals surface area contributed by atoms with E-state index in [-0.39, 0.29) is 5.82 Å². The number of ether oxygens (including phenoxy) is 1. The predicted octanol–water partition coefficient (Wildman–Crippen LogP) is 1.25. The van der Waals surface area contributed by atoms with Crippen LogP contribution in [-0.2, 0) is 0 Å². The monoisotopic (exact) mass is 230 g/mol. The Morgan fingerprint density at radius 3 is 2.75 bits per heavy atom. The van der Waals surface area contributed by atoms with Gasteiger partial charge in [0.1, 0.15) is 19.4 Å². The zero-order valence-electron chi connectivity index (χ0n) is 7.03. The lowest BCUT2D eigenvalue weighted by Crippen LogP contribution is -2.10. The number of hydrogen-bond acceptors (Lipinski definition) is 1. The molecule has 12 heavy (non-hydrogen) atoms. The van der Waals surface area contributed by atoms with Gasteiger partial charge in [0.25, 0.3) is 0 Å². The molecule has 0 spiro atoms. The van der Waals surface area contributed by atoms with Crippen molar-refractivity contribution in [2.24, 2.45) is 0 Å². The third-order valence-corrected chi connectivity index (χ3v) is 2.07. The summed E-state index contributed by atoms with van der Waals surface area (Å²) in [4.78, 5) is 0. The molecule has 1 aromatic rings. The minimum Gasteiger partial charge on any atom is -0.493 e. The van der Waals surface area contributed by atoms with Gasteiger partial charge in [-0.1, -0.05) is 0 Å². The fourth-order valence-corrected chi connectivity index (χ4v) is 1.66. The van der Waals surface area contributed by atoms with Crippen molar-refractivity contribution >= 4 is 29.2 Å². The number of halogens is 2. The Morgan fingerprint density at radius 1 is 1.58 bits per heavy atom. The molecule has 0 aliphatic rings. The van der Waals surface area contributed by atoms with E-state index < -0.39 is 0 Å². The highest BCUT2D eigenvalue weighted by atomic mass is 79.9. The molecule has 0 saturated carbocycles. The van der Waals surface area contributed by atoms with Gasteiger partial charge in [0, 0.05) is 0 Å². The van der Waals surface area contributed by atoms with E-state index in [0.717, 1.165) is 11.2 Å². The fraction of sp³-hybridized carbons (Fsp3) is 0.250. The average molecular weight is 231 g/mol. The van der Waals surface area contributed by atoms with Crippen LogP contribution in [0, 0.1) is 5.82 Å². The normalized spacial score (nSPS) is 9.92. The molecule has 0 bridgehead atoms. The first-order valence-electron chi connectivity index (χ1n) is 3.73. The van der Waals surface area contributed by atoms with Crippen LogP contribution in [0.5, 0.6) is 5.75 Å². The van der Waals surface area contributed by atoms with Crippen molar-refractivity contribution in [3.63, 3.8) is 0 Å². The molecular weight excluding hydrogens is 222 g/mol. The summed E-state index contributed by atoms with van der Waals surface area (Å²) >= 11 is 3.23. The van der Waals surface area contributed by atoms with Gasteiger partial charge in [0.05, 0.1) is 11.1 Å². The van der Waals surface area contributed by atoms with Gasteiger partial charge in [-0.25, -0.2) is 4.39 Å². The predicted molar refractivity (Wildman–Crippen MR) is 53.4 cm³/mol. The SMILES string of the molecule is Bc1cc(F)cc(Br)c1OCC. The van der Waals surface area contributed by atoms with Crippen molar-refractivity contribution in [3.8, 4) is 5.75 Å². The molecule has 0 N–H and O–H groups in total. The van der Waals surface area contributed by atoms with E-state index in [0.29, 0.717) is 11.1 Å². The van der Waals surface area contributed by atoms with Crippen LogP contribution >= 0.6 is 15.9 Å². The maximum atomic E-state index is 12.8. The summed E-state index contributed by atoms with van der Waals surface area (Å²) in [5.41, 5.74) is 0.809. The summed E-state index contributed by atoms with van der Waals surface area (Å²) in [6, 6.07) is 2.85.